The molecule has 0 atom stereocenters. The summed E-state index contributed by atoms with van der Waals surface area (Å²) in [6, 6.07) is 7.86. The van der Waals surface area contributed by atoms with Crippen molar-refractivity contribution < 1.29 is 9.53 Å². The summed E-state index contributed by atoms with van der Waals surface area (Å²) in [5.74, 6) is -0.328. The average Bonchev–Trinajstić information content (AvgIpc) is 3.09. The summed E-state index contributed by atoms with van der Waals surface area (Å²) in [5.41, 5.74) is 2.16. The van der Waals surface area contributed by atoms with E-state index in [0.717, 1.165) is 24.0 Å². The lowest BCUT2D eigenvalue weighted by Crippen LogP contribution is -2.07. The third-order valence-electron chi connectivity index (χ3n) is 3.15. The smallest absolute Gasteiger partial charge is 0.338 e. The van der Waals surface area contributed by atoms with E-state index in [9.17, 15) is 4.79 Å². The van der Waals surface area contributed by atoms with Crippen LogP contribution in [-0.4, -0.2) is 13.1 Å². The molecule has 1 aromatic carbocycles. The first-order chi connectivity index (χ1) is 7.63. The number of carbonyl (C=O) groups excluding carboxylic acids is 1. The van der Waals surface area contributed by atoms with Crippen molar-refractivity contribution in [3.05, 3.63) is 34.9 Å². The van der Waals surface area contributed by atoms with Crippen LogP contribution in [0.3, 0.4) is 0 Å². The second kappa shape index (κ2) is 3.64. The number of esters is 1. The lowest BCUT2D eigenvalue weighted by atomic mass is 9.94. The molecule has 3 heteroatoms. The number of rotatable bonds is 2. The minimum absolute atomic E-state index is 0.292. The molecule has 1 fully saturated rings. The van der Waals surface area contributed by atoms with E-state index in [2.05, 4.69) is 10.8 Å². The predicted octanol–water partition coefficient (Wildman–Crippen LogP) is 2.34. The summed E-state index contributed by atoms with van der Waals surface area (Å²) in [6.45, 7) is 1.86. The Morgan fingerprint density at radius 3 is 2.62 bits per heavy atom. The van der Waals surface area contributed by atoms with Gasteiger partial charge in [0.15, 0.2) is 0 Å². The molecule has 16 heavy (non-hydrogen) atoms. The molecule has 82 valence electrons. The zero-order valence-corrected chi connectivity index (χ0v) is 9.41. The summed E-state index contributed by atoms with van der Waals surface area (Å²) >= 11 is 0. The molecular formula is C13H13NO2. The number of hydrogen-bond acceptors (Lipinski definition) is 3. The zero-order valence-electron chi connectivity index (χ0n) is 9.41. The molecular weight excluding hydrogens is 202 g/mol. The van der Waals surface area contributed by atoms with Crippen LogP contribution in [0.5, 0.6) is 0 Å². The van der Waals surface area contributed by atoms with Crippen molar-refractivity contribution in [2.75, 3.05) is 7.11 Å². The van der Waals surface area contributed by atoms with Crippen LogP contribution in [0.1, 0.15) is 34.3 Å². The van der Waals surface area contributed by atoms with Crippen LogP contribution in [-0.2, 0) is 10.2 Å². The van der Waals surface area contributed by atoms with Crippen molar-refractivity contribution in [2.24, 2.45) is 0 Å². The maximum absolute atomic E-state index is 11.4. The first-order valence-corrected chi connectivity index (χ1v) is 5.24. The fraction of sp³-hybridized carbons (Fsp3) is 0.385. The third kappa shape index (κ3) is 1.57. The number of nitrogens with zero attached hydrogens (tertiary/aromatic N) is 1. The van der Waals surface area contributed by atoms with Gasteiger partial charge in [0.1, 0.15) is 0 Å². The highest BCUT2D eigenvalue weighted by atomic mass is 16.5. The summed E-state index contributed by atoms with van der Waals surface area (Å²) < 4.78 is 4.68. The van der Waals surface area contributed by atoms with Gasteiger partial charge in [0.2, 0.25) is 0 Å². The van der Waals surface area contributed by atoms with Gasteiger partial charge in [-0.15, -0.1) is 0 Å². The van der Waals surface area contributed by atoms with E-state index in [1.807, 2.05) is 19.1 Å². The van der Waals surface area contributed by atoms with Crippen molar-refractivity contribution >= 4 is 5.97 Å². The topological polar surface area (TPSA) is 50.1 Å². The number of benzene rings is 1. The number of ether oxygens (including phenoxy) is 1. The molecule has 3 nitrogen and oxygen atoms in total. The molecule has 1 aliphatic rings. The van der Waals surface area contributed by atoms with Gasteiger partial charge in [0.05, 0.1) is 24.2 Å². The number of methoxy groups -OCH3 is 1. The van der Waals surface area contributed by atoms with Gasteiger partial charge in [-0.3, -0.25) is 0 Å². The average molecular weight is 215 g/mol. The van der Waals surface area contributed by atoms with Crippen LogP contribution in [0.4, 0.5) is 0 Å². The van der Waals surface area contributed by atoms with E-state index in [1.54, 1.807) is 6.07 Å². The van der Waals surface area contributed by atoms with Gasteiger partial charge in [0, 0.05) is 0 Å². The Labute approximate surface area is 94.6 Å². The number of carbonyl (C=O) groups is 1. The van der Waals surface area contributed by atoms with Gasteiger partial charge < -0.3 is 4.74 Å². The monoisotopic (exact) mass is 215 g/mol. The number of hydrogen-bond donors (Lipinski definition) is 0. The zero-order chi connectivity index (χ0) is 11.8. The molecule has 0 radical (unpaired) electrons. The van der Waals surface area contributed by atoms with E-state index < -0.39 is 0 Å². The number of nitriles is 1. The maximum Gasteiger partial charge on any atom is 0.338 e. The predicted molar refractivity (Wildman–Crippen MR) is 59.0 cm³/mol. The van der Waals surface area contributed by atoms with E-state index >= 15 is 0 Å². The first-order valence-electron chi connectivity index (χ1n) is 5.24. The summed E-state index contributed by atoms with van der Waals surface area (Å²) in [7, 11) is 1.37. The van der Waals surface area contributed by atoms with Crippen LogP contribution in [0, 0.1) is 18.3 Å². The van der Waals surface area contributed by atoms with E-state index in [-0.39, 0.29) is 11.4 Å². The second-order valence-corrected chi connectivity index (χ2v) is 4.22. The Bertz CT molecular complexity index is 481. The maximum atomic E-state index is 11.4. The molecule has 0 saturated heterocycles. The van der Waals surface area contributed by atoms with Gasteiger partial charge in [-0.25, -0.2) is 4.79 Å². The van der Waals surface area contributed by atoms with Gasteiger partial charge in [0.25, 0.3) is 0 Å². The largest absolute Gasteiger partial charge is 0.465 e. The molecule has 0 unspecified atom stereocenters. The van der Waals surface area contributed by atoms with E-state index in [1.165, 1.54) is 7.11 Å². The minimum atomic E-state index is -0.328. The van der Waals surface area contributed by atoms with Crippen molar-refractivity contribution in [3.8, 4) is 6.07 Å². The second-order valence-electron chi connectivity index (χ2n) is 4.22. The van der Waals surface area contributed by atoms with Gasteiger partial charge in [-0.1, -0.05) is 12.1 Å². The Morgan fingerprint density at radius 2 is 2.19 bits per heavy atom. The van der Waals surface area contributed by atoms with Crippen LogP contribution in [0.25, 0.3) is 0 Å². The molecule has 0 amide bonds. The minimum Gasteiger partial charge on any atom is -0.465 e. The van der Waals surface area contributed by atoms with E-state index in [0.29, 0.717) is 5.56 Å². The third-order valence-corrected chi connectivity index (χ3v) is 3.15. The number of aryl methyl sites for hydroxylation is 1. The molecule has 1 saturated carbocycles. The van der Waals surface area contributed by atoms with Crippen LogP contribution < -0.4 is 0 Å². The highest BCUT2D eigenvalue weighted by molar-refractivity contribution is 5.91. The Morgan fingerprint density at radius 1 is 1.50 bits per heavy atom. The van der Waals surface area contributed by atoms with Gasteiger partial charge >= 0.3 is 5.97 Å². The van der Waals surface area contributed by atoms with Crippen LogP contribution >= 0.6 is 0 Å². The van der Waals surface area contributed by atoms with Crippen LogP contribution in [0.15, 0.2) is 18.2 Å². The van der Waals surface area contributed by atoms with Crippen LogP contribution in [0.2, 0.25) is 0 Å². The summed E-state index contributed by atoms with van der Waals surface area (Å²) in [4.78, 5) is 11.4. The van der Waals surface area contributed by atoms with Crippen molar-refractivity contribution in [2.45, 2.75) is 25.2 Å². The fourth-order valence-electron chi connectivity index (χ4n) is 1.89. The SMILES string of the molecule is COC(=O)c1ccc(C2(C#N)CC2)cc1C. The first kappa shape index (κ1) is 10.7. The standard InChI is InChI=1S/C13H13NO2/c1-9-7-10(13(8-14)5-6-13)3-4-11(9)12(15)16-2/h3-4,7H,5-6H2,1-2H3. The molecule has 0 heterocycles. The fourth-order valence-corrected chi connectivity index (χ4v) is 1.89. The Kier molecular flexibility index (Phi) is 2.43. The van der Waals surface area contributed by atoms with Crippen molar-refractivity contribution in [3.63, 3.8) is 0 Å². The molecule has 1 aliphatic carbocycles. The summed E-state index contributed by atoms with van der Waals surface area (Å²) in [5, 5.41) is 9.08. The molecule has 0 aromatic heterocycles. The van der Waals surface area contributed by atoms with Crippen molar-refractivity contribution in [1.29, 1.82) is 5.26 Å². The molecule has 1 aromatic rings. The normalized spacial score (nSPS) is 16.3. The lowest BCUT2D eigenvalue weighted by Gasteiger charge is -2.09. The Balaban J connectivity index is 2.38. The van der Waals surface area contributed by atoms with Crippen molar-refractivity contribution in [1.82, 2.24) is 0 Å². The molecule has 0 aliphatic heterocycles. The Hall–Kier alpha value is -1.82. The molecule has 0 bridgehead atoms. The molecule has 0 spiro atoms. The highest BCUT2D eigenvalue weighted by Gasteiger charge is 2.44. The van der Waals surface area contributed by atoms with Gasteiger partial charge in [-0.2, -0.15) is 5.26 Å². The van der Waals surface area contributed by atoms with Gasteiger partial charge in [-0.05, 0) is 37.0 Å². The van der Waals surface area contributed by atoms with E-state index in [4.69, 9.17) is 5.26 Å². The quantitative estimate of drug-likeness (QED) is 0.711. The molecule has 2 rings (SSSR count). The lowest BCUT2D eigenvalue weighted by molar-refractivity contribution is 0.0600. The highest BCUT2D eigenvalue weighted by Crippen LogP contribution is 2.47. The molecule has 0 N–H and O–H groups in total. The summed E-state index contributed by atoms with van der Waals surface area (Å²) in [6.07, 6.45) is 1.83.